The summed E-state index contributed by atoms with van der Waals surface area (Å²) in [5.74, 6) is 5.12. The Balaban J connectivity index is 0.000000815. The molecule has 4 fully saturated rings. The predicted octanol–water partition coefficient (Wildman–Crippen LogP) is 4.89. The highest BCUT2D eigenvalue weighted by Gasteiger charge is 2.64. The summed E-state index contributed by atoms with van der Waals surface area (Å²) >= 11 is 0. The summed E-state index contributed by atoms with van der Waals surface area (Å²) in [5, 5.41) is 0. The van der Waals surface area contributed by atoms with Crippen molar-refractivity contribution in [3.8, 4) is 0 Å². The van der Waals surface area contributed by atoms with E-state index in [1.165, 1.54) is 25.7 Å². The third-order valence-corrected chi connectivity index (χ3v) is 7.25. The van der Waals surface area contributed by atoms with E-state index in [-0.39, 0.29) is 18.7 Å². The maximum Gasteiger partial charge on any atom is 0.311 e. The molecule has 0 radical (unpaired) electrons. The van der Waals surface area contributed by atoms with Gasteiger partial charge in [-0.2, -0.15) is 0 Å². The van der Waals surface area contributed by atoms with Gasteiger partial charge in [-0.05, 0) is 80.0 Å². The molecule has 4 aliphatic rings. The summed E-state index contributed by atoms with van der Waals surface area (Å²) < 4.78 is 10.5. The van der Waals surface area contributed by atoms with Crippen molar-refractivity contribution in [1.82, 2.24) is 0 Å². The molecule has 0 aromatic rings. The first-order valence-electron chi connectivity index (χ1n) is 10.2. The normalized spacial score (nSPS) is 43.8. The molecule has 0 N–H and O–H groups in total. The van der Waals surface area contributed by atoms with Crippen molar-refractivity contribution < 1.29 is 14.3 Å². The average molecular weight is 337 g/mol. The molecule has 3 nitrogen and oxygen atoms in total. The fraction of sp³-hybridized carbons (Fsp3) is 0.952. The van der Waals surface area contributed by atoms with Crippen molar-refractivity contribution in [3.63, 3.8) is 0 Å². The molecule has 0 spiro atoms. The van der Waals surface area contributed by atoms with Crippen molar-refractivity contribution in [3.05, 3.63) is 0 Å². The number of fused-ring (bicyclic) bond motifs is 9. The first-order valence-corrected chi connectivity index (χ1v) is 10.2. The Hall–Kier alpha value is -0.570. The van der Waals surface area contributed by atoms with Crippen LogP contribution in [0.25, 0.3) is 0 Å². The zero-order valence-electron chi connectivity index (χ0n) is 16.2. The highest BCUT2D eigenvalue weighted by atomic mass is 16.7. The van der Waals surface area contributed by atoms with Gasteiger partial charge in [0.2, 0.25) is 0 Å². The molecule has 4 aliphatic carbocycles. The lowest BCUT2D eigenvalue weighted by Crippen LogP contribution is -2.34. The summed E-state index contributed by atoms with van der Waals surface area (Å²) in [6.45, 7) is 11.6. The van der Waals surface area contributed by atoms with Crippen molar-refractivity contribution >= 4 is 5.97 Å². The van der Waals surface area contributed by atoms with E-state index in [2.05, 4.69) is 13.8 Å². The number of carbonyl (C=O) groups excluding carboxylic acids is 1. The van der Waals surface area contributed by atoms with Gasteiger partial charge in [0, 0.05) is 6.61 Å². The molecule has 7 unspecified atom stereocenters. The predicted molar refractivity (Wildman–Crippen MR) is 95.2 cm³/mol. The molecule has 0 amide bonds. The molecule has 3 heteroatoms. The van der Waals surface area contributed by atoms with Gasteiger partial charge in [-0.15, -0.1) is 0 Å². The Morgan fingerprint density at radius 1 is 1.00 bits per heavy atom. The summed E-state index contributed by atoms with van der Waals surface area (Å²) in [6, 6.07) is 0. The standard InChI is InChI=1S/C19H30O3.C2H6/c1-4-21-10-22-18(20)15-7-11-6-14(15)17-13-5-12(16(11)17)8-19(2,3)9-13;1-2/h11-17H,4-10H2,1-3H3;1-2H3. The lowest BCUT2D eigenvalue weighted by molar-refractivity contribution is -0.164. The molecule has 24 heavy (non-hydrogen) atoms. The minimum atomic E-state index is 0.0140. The second-order valence-corrected chi connectivity index (χ2v) is 9.06. The first-order chi connectivity index (χ1) is 11.5. The molecular weight excluding hydrogens is 300 g/mol. The van der Waals surface area contributed by atoms with Gasteiger partial charge in [0.25, 0.3) is 0 Å². The van der Waals surface area contributed by atoms with Crippen LogP contribution in [0.4, 0.5) is 0 Å². The average Bonchev–Trinajstić information content (AvgIpc) is 3.20. The Kier molecular flexibility index (Phi) is 5.30. The number of esters is 1. The van der Waals surface area contributed by atoms with Gasteiger partial charge in [0.05, 0.1) is 5.92 Å². The van der Waals surface area contributed by atoms with Crippen molar-refractivity contribution in [2.75, 3.05) is 13.4 Å². The summed E-state index contributed by atoms with van der Waals surface area (Å²) in [7, 11) is 0. The van der Waals surface area contributed by atoms with Gasteiger partial charge in [0.1, 0.15) is 0 Å². The molecule has 4 saturated carbocycles. The van der Waals surface area contributed by atoms with Crippen molar-refractivity contribution in [2.24, 2.45) is 46.8 Å². The second kappa shape index (κ2) is 6.97. The second-order valence-electron chi connectivity index (χ2n) is 9.06. The van der Waals surface area contributed by atoms with Gasteiger partial charge >= 0.3 is 5.97 Å². The molecular formula is C21H36O3. The Labute approximate surface area is 147 Å². The highest BCUT2D eigenvalue weighted by molar-refractivity contribution is 5.73. The molecule has 0 aromatic heterocycles. The quantitative estimate of drug-likeness (QED) is 0.317. The molecule has 4 bridgehead atoms. The molecule has 0 aromatic carbocycles. The van der Waals surface area contributed by atoms with E-state index in [1.54, 1.807) is 0 Å². The topological polar surface area (TPSA) is 35.5 Å². The maximum absolute atomic E-state index is 12.4. The first kappa shape index (κ1) is 18.2. The third-order valence-electron chi connectivity index (χ3n) is 7.25. The van der Waals surface area contributed by atoms with Gasteiger partial charge in [-0.3, -0.25) is 4.79 Å². The number of ether oxygens (including phenoxy) is 2. The molecule has 0 saturated heterocycles. The van der Waals surface area contributed by atoms with Gasteiger partial charge < -0.3 is 9.47 Å². The van der Waals surface area contributed by atoms with Crippen molar-refractivity contribution in [2.45, 2.75) is 66.7 Å². The van der Waals surface area contributed by atoms with Crippen LogP contribution in [-0.2, 0) is 14.3 Å². The third kappa shape index (κ3) is 3.02. The lowest BCUT2D eigenvalue weighted by atomic mass is 9.69. The summed E-state index contributed by atoms with van der Waals surface area (Å²) in [4.78, 5) is 12.4. The van der Waals surface area contributed by atoms with Gasteiger partial charge in [-0.25, -0.2) is 0 Å². The maximum atomic E-state index is 12.4. The lowest BCUT2D eigenvalue weighted by Gasteiger charge is -2.36. The minimum absolute atomic E-state index is 0.0140. The van der Waals surface area contributed by atoms with E-state index >= 15 is 0 Å². The Morgan fingerprint density at radius 2 is 1.67 bits per heavy atom. The van der Waals surface area contributed by atoms with E-state index in [0.29, 0.717) is 17.9 Å². The number of hydrogen-bond acceptors (Lipinski definition) is 3. The largest absolute Gasteiger partial charge is 0.438 e. The minimum Gasteiger partial charge on any atom is -0.438 e. The van der Waals surface area contributed by atoms with Crippen LogP contribution in [-0.4, -0.2) is 19.4 Å². The molecule has 0 heterocycles. The fourth-order valence-corrected chi connectivity index (χ4v) is 7.02. The summed E-state index contributed by atoms with van der Waals surface area (Å²) in [5.41, 5.74) is 0.516. The molecule has 138 valence electrons. The van der Waals surface area contributed by atoms with Crippen LogP contribution in [0.2, 0.25) is 0 Å². The smallest absolute Gasteiger partial charge is 0.311 e. The van der Waals surface area contributed by atoms with E-state index < -0.39 is 0 Å². The molecule has 4 rings (SSSR count). The number of carbonyl (C=O) groups is 1. The highest BCUT2D eigenvalue weighted by Crippen LogP contribution is 2.69. The zero-order valence-corrected chi connectivity index (χ0v) is 16.2. The Bertz CT molecular complexity index is 458. The van der Waals surface area contributed by atoms with Gasteiger partial charge in [0.15, 0.2) is 6.79 Å². The van der Waals surface area contributed by atoms with Crippen LogP contribution >= 0.6 is 0 Å². The van der Waals surface area contributed by atoms with Crippen LogP contribution in [0.5, 0.6) is 0 Å². The number of rotatable bonds is 4. The monoisotopic (exact) mass is 336 g/mol. The van der Waals surface area contributed by atoms with Gasteiger partial charge in [-0.1, -0.05) is 27.7 Å². The van der Waals surface area contributed by atoms with E-state index in [1.807, 2.05) is 20.8 Å². The van der Waals surface area contributed by atoms with Crippen LogP contribution in [0, 0.1) is 46.8 Å². The zero-order chi connectivity index (χ0) is 17.5. The number of hydrogen-bond donors (Lipinski definition) is 0. The molecule has 7 atom stereocenters. The van der Waals surface area contributed by atoms with E-state index in [9.17, 15) is 4.79 Å². The van der Waals surface area contributed by atoms with Crippen LogP contribution < -0.4 is 0 Å². The molecule has 0 aliphatic heterocycles. The van der Waals surface area contributed by atoms with E-state index in [0.717, 1.165) is 36.0 Å². The van der Waals surface area contributed by atoms with Crippen LogP contribution in [0.3, 0.4) is 0 Å². The van der Waals surface area contributed by atoms with Crippen LogP contribution in [0.1, 0.15) is 66.7 Å². The van der Waals surface area contributed by atoms with Crippen molar-refractivity contribution in [1.29, 1.82) is 0 Å². The van der Waals surface area contributed by atoms with E-state index in [4.69, 9.17) is 9.47 Å². The fourth-order valence-electron chi connectivity index (χ4n) is 7.02. The summed E-state index contributed by atoms with van der Waals surface area (Å²) in [6.07, 6.45) is 6.59. The Morgan fingerprint density at radius 3 is 2.33 bits per heavy atom. The van der Waals surface area contributed by atoms with Crippen LogP contribution in [0.15, 0.2) is 0 Å². The SMILES string of the molecule is CC.CCOCOC(=O)C1CC2CC1C1C3CC(CC(C)(C)C3)C21.